The van der Waals surface area contributed by atoms with Crippen LogP contribution in [0.1, 0.15) is 46.6 Å². The van der Waals surface area contributed by atoms with Gasteiger partial charge >= 0.3 is 0 Å². The molecular weight excluding hydrogens is 468 g/mol. The van der Waals surface area contributed by atoms with E-state index in [1.807, 2.05) is 95.9 Å². The molecule has 5 rings (SSSR count). The molecule has 4 nitrogen and oxygen atoms in total. The summed E-state index contributed by atoms with van der Waals surface area (Å²) in [4.78, 5) is 31.5. The minimum atomic E-state index is -0.987. The van der Waals surface area contributed by atoms with Gasteiger partial charge in [-0.3, -0.25) is 9.59 Å². The van der Waals surface area contributed by atoms with Crippen molar-refractivity contribution in [2.75, 3.05) is 27.2 Å². The summed E-state index contributed by atoms with van der Waals surface area (Å²) in [6.45, 7) is 1.54. The quantitative estimate of drug-likeness (QED) is 0.297. The molecule has 0 saturated carbocycles. The van der Waals surface area contributed by atoms with Crippen molar-refractivity contribution >= 4 is 11.8 Å². The number of carbonyl (C=O) groups is 2. The summed E-state index contributed by atoms with van der Waals surface area (Å²) >= 11 is 0. The van der Waals surface area contributed by atoms with Crippen LogP contribution in [0.3, 0.4) is 0 Å². The normalized spacial score (nSPS) is 14.2. The number of likely N-dealkylation sites (tertiary alicyclic amines) is 1. The van der Waals surface area contributed by atoms with E-state index in [0.29, 0.717) is 0 Å². The molecule has 0 aliphatic carbocycles. The zero-order valence-corrected chi connectivity index (χ0v) is 22.1. The molecule has 192 valence electrons. The fourth-order valence-corrected chi connectivity index (χ4v) is 5.71. The summed E-state index contributed by atoms with van der Waals surface area (Å²) in [7, 11) is 3.58. The lowest BCUT2D eigenvalue weighted by molar-refractivity contribution is -0.133. The minimum absolute atomic E-state index is 0.0227. The van der Waals surface area contributed by atoms with Gasteiger partial charge in [0.1, 0.15) is 5.41 Å². The minimum Gasteiger partial charge on any atom is -0.348 e. The van der Waals surface area contributed by atoms with Crippen LogP contribution in [0.15, 0.2) is 115 Å². The van der Waals surface area contributed by atoms with E-state index in [9.17, 15) is 9.59 Å². The lowest BCUT2D eigenvalue weighted by Gasteiger charge is -2.37. The molecule has 1 aliphatic heterocycles. The van der Waals surface area contributed by atoms with Crippen molar-refractivity contribution in [2.24, 2.45) is 0 Å². The summed E-state index contributed by atoms with van der Waals surface area (Å²) in [6, 6.07) is 38.2. The number of likely N-dealkylation sites (N-methyl/N-ethyl adjacent to an activating group) is 1. The van der Waals surface area contributed by atoms with Gasteiger partial charge < -0.3 is 9.80 Å². The van der Waals surface area contributed by atoms with E-state index in [1.54, 1.807) is 19.0 Å². The highest BCUT2D eigenvalue weighted by Crippen LogP contribution is 2.42. The largest absolute Gasteiger partial charge is 0.348 e. The highest BCUT2D eigenvalue weighted by atomic mass is 16.2. The van der Waals surface area contributed by atoms with Crippen molar-refractivity contribution in [2.45, 2.75) is 24.2 Å². The maximum absolute atomic E-state index is 14.6. The molecule has 2 amide bonds. The topological polar surface area (TPSA) is 40.6 Å². The van der Waals surface area contributed by atoms with Crippen molar-refractivity contribution < 1.29 is 9.59 Å². The Hall–Kier alpha value is -4.18. The van der Waals surface area contributed by atoms with Crippen LogP contribution in [0.25, 0.3) is 0 Å². The Morgan fingerprint density at radius 2 is 1.05 bits per heavy atom. The van der Waals surface area contributed by atoms with Crippen LogP contribution < -0.4 is 0 Å². The second-order valence-electron chi connectivity index (χ2n) is 10.2. The van der Waals surface area contributed by atoms with Crippen molar-refractivity contribution in [1.29, 1.82) is 0 Å². The van der Waals surface area contributed by atoms with Crippen LogP contribution in [0.5, 0.6) is 0 Å². The monoisotopic (exact) mass is 502 g/mol. The fourth-order valence-electron chi connectivity index (χ4n) is 5.71. The molecule has 4 heteroatoms. The van der Waals surface area contributed by atoms with E-state index in [4.69, 9.17) is 0 Å². The van der Waals surface area contributed by atoms with Gasteiger partial charge in [-0.1, -0.05) is 115 Å². The van der Waals surface area contributed by atoms with Gasteiger partial charge in [-0.25, -0.2) is 0 Å². The zero-order chi connectivity index (χ0) is 26.5. The Balaban J connectivity index is 1.69. The molecule has 1 saturated heterocycles. The lowest BCUT2D eigenvalue weighted by atomic mass is 9.68. The molecule has 1 fully saturated rings. The number of benzene rings is 4. The molecule has 0 N–H and O–H groups in total. The standard InChI is InChI=1S/C34H34N2O2/c1-35(2)32(37)31(26-14-6-3-7-15-26)27-20-22-30(23-21-27)34(28-16-8-4-9-17-28,29-18-10-5-11-19-29)33(38)36-24-12-13-25-36/h3-11,14-23,31H,12-13,24-25H2,1-2H3. The third-order valence-electron chi connectivity index (χ3n) is 7.63. The van der Waals surface area contributed by atoms with Crippen molar-refractivity contribution in [1.82, 2.24) is 9.80 Å². The van der Waals surface area contributed by atoms with Gasteiger partial charge in [-0.05, 0) is 40.7 Å². The Morgan fingerprint density at radius 3 is 1.53 bits per heavy atom. The predicted molar refractivity (Wildman–Crippen MR) is 152 cm³/mol. The highest BCUT2D eigenvalue weighted by Gasteiger charge is 2.46. The Morgan fingerprint density at radius 1 is 0.632 bits per heavy atom. The van der Waals surface area contributed by atoms with Gasteiger partial charge in [0.25, 0.3) is 0 Å². The molecule has 0 bridgehead atoms. The molecule has 1 aliphatic rings. The number of hydrogen-bond donors (Lipinski definition) is 0. The average molecular weight is 503 g/mol. The van der Waals surface area contributed by atoms with Crippen LogP contribution in [-0.4, -0.2) is 48.8 Å². The maximum Gasteiger partial charge on any atom is 0.242 e. The van der Waals surface area contributed by atoms with Crippen LogP contribution in [-0.2, 0) is 15.0 Å². The van der Waals surface area contributed by atoms with Crippen LogP contribution in [0, 0.1) is 0 Å². The molecule has 0 spiro atoms. The first-order valence-electron chi connectivity index (χ1n) is 13.3. The second kappa shape index (κ2) is 11.1. The number of carbonyl (C=O) groups excluding carboxylic acids is 2. The average Bonchev–Trinajstić information content (AvgIpc) is 3.51. The molecule has 0 aromatic heterocycles. The maximum atomic E-state index is 14.6. The fraction of sp³-hybridized carbons (Fsp3) is 0.235. The SMILES string of the molecule is CN(C)C(=O)C(c1ccccc1)c1ccc(C(C(=O)N2CCCC2)(c2ccccc2)c2ccccc2)cc1. The van der Waals surface area contributed by atoms with Gasteiger partial charge in [0.05, 0.1) is 5.92 Å². The molecule has 38 heavy (non-hydrogen) atoms. The van der Waals surface area contributed by atoms with E-state index in [2.05, 4.69) is 24.3 Å². The van der Waals surface area contributed by atoms with E-state index >= 15 is 0 Å². The highest BCUT2D eigenvalue weighted by molar-refractivity contribution is 5.96. The van der Waals surface area contributed by atoms with Crippen molar-refractivity contribution in [3.8, 4) is 0 Å². The van der Waals surface area contributed by atoms with E-state index in [-0.39, 0.29) is 11.8 Å². The Labute approximate surface area is 225 Å². The summed E-state index contributed by atoms with van der Waals surface area (Å²) in [5.74, 6) is -0.295. The van der Waals surface area contributed by atoms with Gasteiger partial charge in [0, 0.05) is 27.2 Å². The molecule has 1 atom stereocenters. The van der Waals surface area contributed by atoms with Gasteiger partial charge in [-0.2, -0.15) is 0 Å². The second-order valence-corrected chi connectivity index (χ2v) is 10.2. The molecule has 4 aromatic carbocycles. The molecule has 0 radical (unpaired) electrons. The summed E-state index contributed by atoms with van der Waals surface area (Å²) in [5, 5.41) is 0. The first kappa shape index (κ1) is 25.5. The molecular formula is C34H34N2O2. The number of rotatable bonds is 7. The summed E-state index contributed by atoms with van der Waals surface area (Å²) in [6.07, 6.45) is 2.05. The van der Waals surface area contributed by atoms with E-state index in [0.717, 1.165) is 53.7 Å². The van der Waals surface area contributed by atoms with Gasteiger partial charge in [-0.15, -0.1) is 0 Å². The first-order valence-corrected chi connectivity index (χ1v) is 13.3. The summed E-state index contributed by atoms with van der Waals surface area (Å²) < 4.78 is 0. The third-order valence-corrected chi connectivity index (χ3v) is 7.63. The molecule has 4 aromatic rings. The summed E-state index contributed by atoms with van der Waals surface area (Å²) in [5.41, 5.74) is 3.66. The number of nitrogens with zero attached hydrogens (tertiary/aromatic N) is 2. The van der Waals surface area contributed by atoms with Gasteiger partial charge in [0.2, 0.25) is 11.8 Å². The Bertz CT molecular complexity index is 1320. The van der Waals surface area contributed by atoms with E-state index in [1.165, 1.54) is 0 Å². The van der Waals surface area contributed by atoms with Crippen LogP contribution in [0.2, 0.25) is 0 Å². The van der Waals surface area contributed by atoms with Crippen molar-refractivity contribution in [3.05, 3.63) is 143 Å². The molecule has 1 heterocycles. The lowest BCUT2D eigenvalue weighted by Crippen LogP contribution is -2.47. The van der Waals surface area contributed by atoms with Gasteiger partial charge in [0.15, 0.2) is 0 Å². The van der Waals surface area contributed by atoms with Crippen LogP contribution in [0.4, 0.5) is 0 Å². The molecule has 1 unspecified atom stereocenters. The first-order chi connectivity index (χ1) is 18.5. The number of amides is 2. The van der Waals surface area contributed by atoms with Crippen molar-refractivity contribution in [3.63, 3.8) is 0 Å². The predicted octanol–water partition coefficient (Wildman–Crippen LogP) is 5.86. The zero-order valence-electron chi connectivity index (χ0n) is 22.1. The van der Waals surface area contributed by atoms with Crippen LogP contribution >= 0.6 is 0 Å². The number of hydrogen-bond acceptors (Lipinski definition) is 2. The Kier molecular flexibility index (Phi) is 7.41. The van der Waals surface area contributed by atoms with E-state index < -0.39 is 11.3 Å². The smallest absolute Gasteiger partial charge is 0.242 e. The third kappa shape index (κ3) is 4.63.